The Labute approximate surface area is 262 Å². The van der Waals surface area contributed by atoms with Gasteiger partial charge >= 0.3 is 17.9 Å². The van der Waals surface area contributed by atoms with Gasteiger partial charge in [-0.2, -0.15) is 0 Å². The Hall–Kier alpha value is -6.35. The molecule has 0 aromatic heterocycles. The Morgan fingerprint density at radius 2 is 1.11 bits per heavy atom. The largest absolute Gasteiger partial charge is 0.494 e. The molecule has 3 aromatic carbocycles. The van der Waals surface area contributed by atoms with Crippen LogP contribution in [0.15, 0.2) is 85.5 Å². The third-order valence-electron chi connectivity index (χ3n) is 5.69. The van der Waals surface area contributed by atoms with E-state index in [1.807, 2.05) is 0 Å². The Morgan fingerprint density at radius 3 is 1.67 bits per heavy atom. The van der Waals surface area contributed by atoms with Crippen molar-refractivity contribution in [2.24, 2.45) is 0 Å². The molecule has 8 heteroatoms. The van der Waals surface area contributed by atoms with E-state index in [1.165, 1.54) is 36.4 Å². The number of ether oxygens (including phenoxy) is 5. The fraction of sp³-hybridized carbons (Fsp3) is 0.162. The zero-order chi connectivity index (χ0) is 32.1. The second-order valence-corrected chi connectivity index (χ2v) is 8.91. The van der Waals surface area contributed by atoms with Crippen molar-refractivity contribution in [3.63, 3.8) is 0 Å². The number of hydrogen-bond donors (Lipinski definition) is 0. The summed E-state index contributed by atoms with van der Waals surface area (Å²) >= 11 is 0. The van der Waals surface area contributed by atoms with Gasteiger partial charge in [0, 0.05) is 23.8 Å². The average molecular weight is 601 g/mol. The molecule has 224 valence electrons. The van der Waals surface area contributed by atoms with Crippen molar-refractivity contribution < 1.29 is 38.1 Å². The summed E-state index contributed by atoms with van der Waals surface area (Å²) in [5, 5.41) is 0. The van der Waals surface area contributed by atoms with Crippen molar-refractivity contribution >= 4 is 17.9 Å². The summed E-state index contributed by atoms with van der Waals surface area (Å²) in [6, 6.07) is 18.9. The minimum absolute atomic E-state index is 0.273. The van der Waals surface area contributed by atoms with E-state index in [2.05, 4.69) is 48.2 Å². The lowest BCUT2D eigenvalue weighted by molar-refractivity contribution is -0.137. The summed E-state index contributed by atoms with van der Waals surface area (Å²) in [5.41, 5.74) is 0.652. The molecule has 0 atom stereocenters. The third kappa shape index (κ3) is 12.6. The summed E-state index contributed by atoms with van der Waals surface area (Å²) < 4.78 is 26.7. The number of carbonyl (C=O) groups excluding carboxylic acids is 3. The SMILES string of the molecule is C#CC#CC#CC#COc1ccc(C(=O)Oc2ccc(OC(=O)c3ccc(OCCCCCCOC(=O)C=C)cc3)cc2)cc1. The Kier molecular flexibility index (Phi) is 14.0. The van der Waals surface area contributed by atoms with Crippen molar-refractivity contribution in [3.8, 4) is 71.1 Å². The van der Waals surface area contributed by atoms with Crippen LogP contribution in [0.5, 0.6) is 23.0 Å². The van der Waals surface area contributed by atoms with Crippen LogP contribution in [0.1, 0.15) is 46.4 Å². The van der Waals surface area contributed by atoms with E-state index in [0.717, 1.165) is 31.8 Å². The molecule has 0 aliphatic carbocycles. The molecular formula is C37H28O8. The minimum Gasteiger partial charge on any atom is -0.494 e. The topological polar surface area (TPSA) is 97.4 Å². The zero-order valence-corrected chi connectivity index (χ0v) is 24.3. The summed E-state index contributed by atoms with van der Waals surface area (Å²) in [7, 11) is 0. The molecule has 0 aliphatic rings. The summed E-state index contributed by atoms with van der Waals surface area (Å²) in [6.45, 7) is 4.27. The molecule has 0 N–H and O–H groups in total. The first-order valence-corrected chi connectivity index (χ1v) is 13.8. The van der Waals surface area contributed by atoms with E-state index in [9.17, 15) is 14.4 Å². The lowest BCUT2D eigenvalue weighted by atomic mass is 10.2. The molecule has 3 rings (SSSR count). The number of unbranched alkanes of at least 4 members (excludes halogenated alkanes) is 3. The molecule has 0 bridgehead atoms. The minimum atomic E-state index is -0.579. The van der Waals surface area contributed by atoms with Gasteiger partial charge in [0.2, 0.25) is 0 Å². The van der Waals surface area contributed by atoms with Gasteiger partial charge in [0.15, 0.2) is 0 Å². The monoisotopic (exact) mass is 600 g/mol. The van der Waals surface area contributed by atoms with Crippen LogP contribution in [0.2, 0.25) is 0 Å². The highest BCUT2D eigenvalue weighted by Gasteiger charge is 2.12. The van der Waals surface area contributed by atoms with Crippen LogP contribution in [0.3, 0.4) is 0 Å². The van der Waals surface area contributed by atoms with Gasteiger partial charge < -0.3 is 23.7 Å². The molecule has 0 fully saturated rings. The van der Waals surface area contributed by atoms with Crippen LogP contribution < -0.4 is 18.9 Å². The van der Waals surface area contributed by atoms with E-state index in [4.69, 9.17) is 30.1 Å². The highest BCUT2D eigenvalue weighted by molar-refractivity contribution is 5.92. The van der Waals surface area contributed by atoms with Crippen molar-refractivity contribution in [1.29, 1.82) is 0 Å². The van der Waals surface area contributed by atoms with Crippen LogP contribution in [0, 0.1) is 48.1 Å². The maximum atomic E-state index is 12.6. The number of benzene rings is 3. The quantitative estimate of drug-likeness (QED) is 0.0756. The lowest BCUT2D eigenvalue weighted by Gasteiger charge is -2.09. The van der Waals surface area contributed by atoms with E-state index in [-0.39, 0.29) is 11.5 Å². The van der Waals surface area contributed by atoms with Crippen LogP contribution in [-0.2, 0) is 9.53 Å². The smallest absolute Gasteiger partial charge is 0.343 e. The first kappa shape index (κ1) is 33.2. The molecule has 0 aliphatic heterocycles. The van der Waals surface area contributed by atoms with Crippen molar-refractivity contribution in [1.82, 2.24) is 0 Å². The molecule has 3 aromatic rings. The fourth-order valence-corrected chi connectivity index (χ4v) is 3.47. The number of carbonyl (C=O) groups is 3. The van der Waals surface area contributed by atoms with E-state index >= 15 is 0 Å². The zero-order valence-electron chi connectivity index (χ0n) is 24.3. The van der Waals surface area contributed by atoms with Gasteiger partial charge in [0.05, 0.1) is 24.3 Å². The molecule has 0 saturated carbocycles. The predicted molar refractivity (Wildman–Crippen MR) is 167 cm³/mol. The highest BCUT2D eigenvalue weighted by atomic mass is 16.5. The fourth-order valence-electron chi connectivity index (χ4n) is 3.47. The normalized spacial score (nSPS) is 9.22. The van der Waals surface area contributed by atoms with Gasteiger partial charge in [-0.15, -0.1) is 6.42 Å². The lowest BCUT2D eigenvalue weighted by Crippen LogP contribution is -2.09. The maximum Gasteiger partial charge on any atom is 0.343 e. The molecule has 45 heavy (non-hydrogen) atoms. The molecule has 0 saturated heterocycles. The number of terminal acetylenes is 1. The first-order chi connectivity index (χ1) is 22.0. The summed E-state index contributed by atoms with van der Waals surface area (Å²) in [6.07, 6.45) is 12.0. The van der Waals surface area contributed by atoms with Gasteiger partial charge in [-0.25, -0.2) is 14.4 Å². The highest BCUT2D eigenvalue weighted by Crippen LogP contribution is 2.21. The molecule has 0 radical (unpaired) electrons. The first-order valence-electron chi connectivity index (χ1n) is 13.8. The molecule has 0 spiro atoms. The van der Waals surface area contributed by atoms with Gasteiger partial charge in [-0.3, -0.25) is 0 Å². The standard InChI is InChI=1S/C37H28O8/c1-3-5-6-7-8-11-26-41-31-18-14-29(15-19-31)36(39)44-33-22-24-34(25-23-33)45-37(40)30-16-20-32(21-17-30)42-27-12-9-10-13-28-43-35(38)4-2/h1,4,14-25H,2,9-10,12-13,27-28H2. The number of esters is 3. The molecular weight excluding hydrogens is 572 g/mol. The van der Waals surface area contributed by atoms with E-state index < -0.39 is 17.9 Å². The molecule has 0 heterocycles. The van der Waals surface area contributed by atoms with Crippen LogP contribution >= 0.6 is 0 Å². The van der Waals surface area contributed by atoms with Gasteiger partial charge in [0.1, 0.15) is 29.1 Å². The second-order valence-electron chi connectivity index (χ2n) is 8.91. The third-order valence-corrected chi connectivity index (χ3v) is 5.69. The Bertz CT molecular complexity index is 1690. The predicted octanol–water partition coefficient (Wildman–Crippen LogP) is 5.77. The summed E-state index contributed by atoms with van der Waals surface area (Å²) in [5.74, 6) is 14.4. The molecule has 0 amide bonds. The molecule has 0 unspecified atom stereocenters. The van der Waals surface area contributed by atoms with Crippen LogP contribution in [0.25, 0.3) is 0 Å². The van der Waals surface area contributed by atoms with Crippen molar-refractivity contribution in [2.45, 2.75) is 25.7 Å². The Morgan fingerprint density at radius 1 is 0.622 bits per heavy atom. The maximum absolute atomic E-state index is 12.6. The van der Waals surface area contributed by atoms with Crippen molar-refractivity contribution in [2.75, 3.05) is 13.2 Å². The van der Waals surface area contributed by atoms with Gasteiger partial charge in [0.25, 0.3) is 0 Å². The van der Waals surface area contributed by atoms with Gasteiger partial charge in [-0.1, -0.05) is 6.58 Å². The van der Waals surface area contributed by atoms with Crippen molar-refractivity contribution in [3.05, 3.63) is 96.6 Å². The van der Waals surface area contributed by atoms with Gasteiger partial charge in [-0.05, 0) is 116 Å². The summed E-state index contributed by atoms with van der Waals surface area (Å²) in [4.78, 5) is 36.0. The van der Waals surface area contributed by atoms with Crippen LogP contribution in [-0.4, -0.2) is 31.1 Å². The van der Waals surface area contributed by atoms with E-state index in [1.54, 1.807) is 36.4 Å². The average Bonchev–Trinajstić information content (AvgIpc) is 3.06. The van der Waals surface area contributed by atoms with Crippen LogP contribution in [0.4, 0.5) is 0 Å². The second kappa shape index (κ2) is 19.0. The molecule has 8 nitrogen and oxygen atoms in total. The Balaban J connectivity index is 1.39. The number of hydrogen-bond acceptors (Lipinski definition) is 8. The van der Waals surface area contributed by atoms with E-state index in [0.29, 0.717) is 35.8 Å². The number of rotatable bonds is 14.